The number of nitrogens with one attached hydrogen (secondary N) is 1. The van der Waals surface area contributed by atoms with Crippen molar-refractivity contribution in [2.45, 2.75) is 25.2 Å². The summed E-state index contributed by atoms with van der Waals surface area (Å²) in [5.41, 5.74) is 1.37. The fourth-order valence-electron chi connectivity index (χ4n) is 2.08. The third kappa shape index (κ3) is 2.28. The fraction of sp³-hybridized carbons (Fsp3) is 0.333. The Hall–Kier alpha value is -0.860. The molecule has 1 aliphatic carbocycles. The zero-order chi connectivity index (χ0) is 11.7. The van der Waals surface area contributed by atoms with Gasteiger partial charge in [0.25, 0.3) is 0 Å². The average Bonchev–Trinajstić information content (AvgIpc) is 2.20. The van der Waals surface area contributed by atoms with Crippen LogP contribution in [0.5, 0.6) is 0 Å². The lowest BCUT2D eigenvalue weighted by atomic mass is 9.82. The number of hydrogen-bond donors (Lipinski definition) is 1. The number of benzene rings is 1. The molecule has 0 radical (unpaired) electrons. The molecule has 0 aromatic heterocycles. The molecular formula is C12H11Cl2NO. The van der Waals surface area contributed by atoms with Crippen LogP contribution in [0.1, 0.15) is 30.7 Å². The van der Waals surface area contributed by atoms with Gasteiger partial charge in [0, 0.05) is 18.6 Å². The van der Waals surface area contributed by atoms with Crippen LogP contribution in [0.4, 0.5) is 0 Å². The highest BCUT2D eigenvalue weighted by molar-refractivity contribution is 6.42. The summed E-state index contributed by atoms with van der Waals surface area (Å²) in [5.74, 6) is 0.122. The fourth-order valence-corrected chi connectivity index (χ4v) is 2.54. The first-order valence-corrected chi connectivity index (χ1v) is 5.85. The van der Waals surface area contributed by atoms with Crippen molar-refractivity contribution in [2.24, 2.45) is 0 Å². The molecule has 1 aliphatic rings. The molecule has 1 unspecified atom stereocenters. The van der Waals surface area contributed by atoms with Gasteiger partial charge >= 0.3 is 0 Å². The van der Waals surface area contributed by atoms with Crippen molar-refractivity contribution in [3.8, 4) is 0 Å². The van der Waals surface area contributed by atoms with Gasteiger partial charge in [-0.2, -0.15) is 0 Å². The van der Waals surface area contributed by atoms with Gasteiger partial charge in [-0.05, 0) is 24.0 Å². The highest BCUT2D eigenvalue weighted by Gasteiger charge is 2.26. The topological polar surface area (TPSA) is 40.9 Å². The first kappa shape index (κ1) is 11.6. The van der Waals surface area contributed by atoms with Crippen LogP contribution in [0.3, 0.4) is 0 Å². The van der Waals surface area contributed by atoms with Crippen molar-refractivity contribution >= 4 is 34.7 Å². The van der Waals surface area contributed by atoms with Crippen LogP contribution < -0.4 is 0 Å². The highest BCUT2D eigenvalue weighted by atomic mass is 35.5. The molecule has 1 saturated carbocycles. The molecule has 2 nitrogen and oxygen atoms in total. The van der Waals surface area contributed by atoms with Gasteiger partial charge in [-0.3, -0.25) is 4.79 Å². The highest BCUT2D eigenvalue weighted by Crippen LogP contribution is 2.36. The molecule has 16 heavy (non-hydrogen) atoms. The number of halogens is 2. The molecule has 1 fully saturated rings. The summed E-state index contributed by atoms with van der Waals surface area (Å²) in [6.07, 6.45) is 1.35. The molecule has 0 bridgehead atoms. The summed E-state index contributed by atoms with van der Waals surface area (Å²) >= 11 is 12.0. The Morgan fingerprint density at radius 3 is 2.69 bits per heavy atom. The monoisotopic (exact) mass is 255 g/mol. The Kier molecular flexibility index (Phi) is 3.31. The lowest BCUT2D eigenvalue weighted by Crippen LogP contribution is -2.21. The van der Waals surface area contributed by atoms with Gasteiger partial charge in [0.05, 0.1) is 10.0 Å². The second-order valence-corrected chi connectivity index (χ2v) is 4.85. The maximum absolute atomic E-state index is 11.4. The molecule has 0 spiro atoms. The number of rotatable bonds is 1. The van der Waals surface area contributed by atoms with E-state index in [0.29, 0.717) is 28.6 Å². The summed E-state index contributed by atoms with van der Waals surface area (Å²) < 4.78 is 0. The van der Waals surface area contributed by atoms with Gasteiger partial charge < -0.3 is 5.41 Å². The second-order valence-electron chi connectivity index (χ2n) is 4.07. The largest absolute Gasteiger partial charge is 0.309 e. The molecule has 0 amide bonds. The first-order chi connectivity index (χ1) is 7.58. The van der Waals surface area contributed by atoms with E-state index in [1.54, 1.807) is 6.07 Å². The zero-order valence-electron chi connectivity index (χ0n) is 8.59. The van der Waals surface area contributed by atoms with E-state index in [1.165, 1.54) is 0 Å². The third-order valence-electron chi connectivity index (χ3n) is 2.80. The lowest BCUT2D eigenvalue weighted by Gasteiger charge is -2.23. The summed E-state index contributed by atoms with van der Waals surface area (Å²) in [7, 11) is 0. The predicted molar refractivity (Wildman–Crippen MR) is 65.8 cm³/mol. The lowest BCUT2D eigenvalue weighted by molar-refractivity contribution is -0.118. The van der Waals surface area contributed by atoms with Gasteiger partial charge in [0.15, 0.2) is 0 Å². The van der Waals surface area contributed by atoms with E-state index in [4.69, 9.17) is 28.6 Å². The smallest absolute Gasteiger partial charge is 0.139 e. The van der Waals surface area contributed by atoms with E-state index >= 15 is 0 Å². The minimum absolute atomic E-state index is 0.0138. The molecule has 1 atom stereocenters. The van der Waals surface area contributed by atoms with Crippen LogP contribution in [-0.4, -0.2) is 11.5 Å². The third-order valence-corrected chi connectivity index (χ3v) is 3.63. The first-order valence-electron chi connectivity index (χ1n) is 5.10. The Labute approximate surface area is 104 Å². The molecule has 4 heteroatoms. The molecule has 1 aromatic rings. The van der Waals surface area contributed by atoms with Crippen molar-refractivity contribution in [1.29, 1.82) is 5.41 Å². The maximum Gasteiger partial charge on any atom is 0.139 e. The molecule has 1 N–H and O–H groups in total. The van der Waals surface area contributed by atoms with E-state index in [-0.39, 0.29) is 18.1 Å². The SMILES string of the molecule is N=C1CC(=O)CC(c2cccc(Cl)c2Cl)C1. The zero-order valence-corrected chi connectivity index (χ0v) is 10.1. The Morgan fingerprint density at radius 1 is 1.25 bits per heavy atom. The van der Waals surface area contributed by atoms with Crippen molar-refractivity contribution in [1.82, 2.24) is 0 Å². The number of hydrogen-bond acceptors (Lipinski definition) is 2. The van der Waals surface area contributed by atoms with Crippen molar-refractivity contribution in [3.05, 3.63) is 33.8 Å². The number of carbonyl (C=O) groups excluding carboxylic acids is 1. The quantitative estimate of drug-likeness (QED) is 0.814. The van der Waals surface area contributed by atoms with Crippen LogP contribution >= 0.6 is 23.2 Å². The molecule has 0 heterocycles. The van der Waals surface area contributed by atoms with Gasteiger partial charge in [-0.25, -0.2) is 0 Å². The number of carbonyl (C=O) groups is 1. The Balaban J connectivity index is 2.33. The minimum Gasteiger partial charge on any atom is -0.309 e. The van der Waals surface area contributed by atoms with E-state index < -0.39 is 0 Å². The average molecular weight is 256 g/mol. The van der Waals surface area contributed by atoms with Gasteiger partial charge in [0.2, 0.25) is 0 Å². The van der Waals surface area contributed by atoms with Crippen LogP contribution in [0, 0.1) is 5.41 Å². The Morgan fingerprint density at radius 2 is 2.00 bits per heavy atom. The normalized spacial score (nSPS) is 21.2. The van der Waals surface area contributed by atoms with Gasteiger partial charge in [-0.1, -0.05) is 35.3 Å². The van der Waals surface area contributed by atoms with E-state index in [2.05, 4.69) is 0 Å². The van der Waals surface area contributed by atoms with E-state index in [0.717, 1.165) is 5.56 Å². The molecule has 84 valence electrons. The van der Waals surface area contributed by atoms with E-state index in [9.17, 15) is 4.79 Å². The van der Waals surface area contributed by atoms with Crippen LogP contribution in [0.2, 0.25) is 10.0 Å². The predicted octanol–water partition coefficient (Wildman–Crippen LogP) is 3.85. The standard InChI is InChI=1S/C12H11Cl2NO/c13-11-3-1-2-10(12(11)14)7-4-8(15)6-9(16)5-7/h1-3,7,15H,4-6H2. The minimum atomic E-state index is 0.0138. The molecule has 2 rings (SSSR count). The van der Waals surface area contributed by atoms with Crippen molar-refractivity contribution in [3.63, 3.8) is 0 Å². The Bertz CT molecular complexity index is 440. The molecule has 1 aromatic carbocycles. The molecule has 0 saturated heterocycles. The van der Waals surface area contributed by atoms with Gasteiger partial charge in [-0.15, -0.1) is 0 Å². The second kappa shape index (κ2) is 4.56. The maximum atomic E-state index is 11.4. The van der Waals surface area contributed by atoms with E-state index in [1.807, 2.05) is 12.1 Å². The van der Waals surface area contributed by atoms with Crippen LogP contribution in [0.25, 0.3) is 0 Å². The summed E-state index contributed by atoms with van der Waals surface area (Å²) in [5, 5.41) is 8.64. The van der Waals surface area contributed by atoms with Crippen molar-refractivity contribution < 1.29 is 4.79 Å². The molecular weight excluding hydrogens is 245 g/mol. The summed E-state index contributed by atoms with van der Waals surface area (Å²) in [6.45, 7) is 0. The summed E-state index contributed by atoms with van der Waals surface area (Å²) in [6, 6.07) is 5.43. The van der Waals surface area contributed by atoms with Gasteiger partial charge in [0.1, 0.15) is 5.78 Å². The van der Waals surface area contributed by atoms with Crippen LogP contribution in [-0.2, 0) is 4.79 Å². The summed E-state index contributed by atoms with van der Waals surface area (Å²) in [4.78, 5) is 11.4. The van der Waals surface area contributed by atoms with Crippen LogP contribution in [0.15, 0.2) is 18.2 Å². The van der Waals surface area contributed by atoms with Crippen molar-refractivity contribution in [2.75, 3.05) is 0 Å². The number of Topliss-reactive ketones (excluding diaryl/α,β-unsaturated/α-hetero) is 1. The molecule has 0 aliphatic heterocycles. The number of ketones is 1.